The molecule has 0 radical (unpaired) electrons. The monoisotopic (exact) mass is 782 g/mol. The number of nitriles is 2. The van der Waals surface area contributed by atoms with E-state index in [0.717, 1.165) is 71.2 Å². The van der Waals surface area contributed by atoms with Crippen molar-refractivity contribution in [2.24, 2.45) is 0 Å². The van der Waals surface area contributed by atoms with Crippen molar-refractivity contribution in [3.8, 4) is 34.6 Å². The molecule has 0 unspecified atom stereocenters. The Hall–Kier alpha value is -8.27. The number of hydrogen-bond donors (Lipinski definition) is 0. The van der Waals surface area contributed by atoms with Crippen molar-refractivity contribution in [3.63, 3.8) is 0 Å². The van der Waals surface area contributed by atoms with Crippen LogP contribution < -0.4 is 0 Å². The Morgan fingerprint density at radius 3 is 1.45 bits per heavy atom. The van der Waals surface area contributed by atoms with Crippen LogP contribution >= 0.6 is 0 Å². The van der Waals surface area contributed by atoms with E-state index in [1.54, 1.807) is 12.1 Å². The number of aromatic nitrogens is 2. The molecule has 0 saturated heterocycles. The average molecular weight is 783 g/mol. The third kappa shape index (κ3) is 4.51. The highest BCUT2D eigenvalue weighted by molar-refractivity contribution is 6.26. The molecule has 0 spiro atoms. The van der Waals surface area contributed by atoms with Crippen molar-refractivity contribution in [2.45, 2.75) is 6.18 Å². The molecule has 60 heavy (non-hydrogen) atoms. The lowest BCUT2D eigenvalue weighted by molar-refractivity contribution is -0.137. The molecule has 4 heterocycles. The average Bonchev–Trinajstić information content (AvgIpc) is 4.03. The number of rotatable bonds is 3. The van der Waals surface area contributed by atoms with Crippen LogP contribution in [-0.4, -0.2) is 9.13 Å². The van der Waals surface area contributed by atoms with Gasteiger partial charge in [0, 0.05) is 43.4 Å². The van der Waals surface area contributed by atoms with Gasteiger partial charge in [0.15, 0.2) is 0 Å². The van der Waals surface area contributed by atoms with Gasteiger partial charge < -0.3 is 18.0 Å². The molecule has 0 atom stereocenters. The summed E-state index contributed by atoms with van der Waals surface area (Å²) in [5, 5.41) is 28.5. The Bertz CT molecular complexity index is 3920. The van der Waals surface area contributed by atoms with Gasteiger partial charge in [-0.05, 0) is 72.8 Å². The van der Waals surface area contributed by atoms with Crippen molar-refractivity contribution in [1.29, 1.82) is 10.5 Å². The van der Waals surface area contributed by atoms with Crippen molar-refractivity contribution < 1.29 is 22.0 Å². The van der Waals surface area contributed by atoms with Crippen LogP contribution in [0, 0.1) is 22.7 Å². The number of para-hydroxylation sites is 4. The van der Waals surface area contributed by atoms with Gasteiger partial charge in [-0.1, -0.05) is 78.9 Å². The number of hydrogen-bond acceptors (Lipinski definition) is 4. The fourth-order valence-corrected chi connectivity index (χ4v) is 9.44. The fraction of sp³-hybridized carbons (Fsp3) is 0.0196. The zero-order chi connectivity index (χ0) is 40.4. The number of fused-ring (bicyclic) bond motifs is 14. The summed E-state index contributed by atoms with van der Waals surface area (Å²) in [5.41, 5.74) is 5.28. The van der Waals surface area contributed by atoms with Crippen LogP contribution in [0.15, 0.2) is 160 Å². The summed E-state index contributed by atoms with van der Waals surface area (Å²) in [4.78, 5) is 0. The molecule has 6 nitrogen and oxygen atoms in total. The number of nitrogens with zero attached hydrogens (tertiary/aromatic N) is 4. The smallest absolute Gasteiger partial charge is 0.417 e. The van der Waals surface area contributed by atoms with Crippen LogP contribution in [-0.2, 0) is 6.18 Å². The maximum absolute atomic E-state index is 15.0. The molecule has 0 fully saturated rings. The van der Waals surface area contributed by atoms with Gasteiger partial charge in [0.2, 0.25) is 0 Å². The molecular weight excluding hydrogens is 758 g/mol. The normalized spacial score (nSPS) is 12.2. The Morgan fingerprint density at radius 2 is 0.933 bits per heavy atom. The minimum Gasteiger partial charge on any atom is -0.456 e. The second-order valence-corrected chi connectivity index (χ2v) is 14.9. The van der Waals surface area contributed by atoms with E-state index in [1.807, 2.05) is 127 Å². The van der Waals surface area contributed by atoms with Gasteiger partial charge in [0.05, 0.1) is 73.0 Å². The predicted octanol–water partition coefficient (Wildman–Crippen LogP) is 14.1. The van der Waals surface area contributed by atoms with Crippen molar-refractivity contribution in [1.82, 2.24) is 9.13 Å². The van der Waals surface area contributed by atoms with Gasteiger partial charge in [0.1, 0.15) is 22.3 Å². The quantitative estimate of drug-likeness (QED) is 0.179. The lowest BCUT2D eigenvalue weighted by atomic mass is 9.90. The zero-order valence-corrected chi connectivity index (χ0v) is 31.2. The van der Waals surface area contributed by atoms with Gasteiger partial charge in [-0.15, -0.1) is 0 Å². The van der Waals surface area contributed by atoms with Gasteiger partial charge in [-0.25, -0.2) is 0 Å². The van der Waals surface area contributed by atoms with Crippen LogP contribution in [0.2, 0.25) is 0 Å². The molecule has 0 aliphatic rings. The van der Waals surface area contributed by atoms with Gasteiger partial charge in [-0.3, -0.25) is 0 Å². The molecule has 0 aliphatic heterocycles. The van der Waals surface area contributed by atoms with E-state index in [9.17, 15) is 10.5 Å². The van der Waals surface area contributed by atoms with E-state index >= 15 is 13.2 Å². The first kappa shape index (κ1) is 33.8. The molecule has 0 saturated carbocycles. The fourth-order valence-electron chi connectivity index (χ4n) is 9.44. The molecular formula is C51H25F3N4O2. The summed E-state index contributed by atoms with van der Waals surface area (Å²) in [6.45, 7) is 0. The minimum absolute atomic E-state index is 0.0180. The topological polar surface area (TPSA) is 83.7 Å². The maximum Gasteiger partial charge on any atom is 0.417 e. The van der Waals surface area contributed by atoms with Gasteiger partial charge in [-0.2, -0.15) is 23.7 Å². The molecule has 0 aliphatic carbocycles. The first-order valence-corrected chi connectivity index (χ1v) is 19.2. The van der Waals surface area contributed by atoms with Crippen LogP contribution in [0.4, 0.5) is 13.2 Å². The van der Waals surface area contributed by atoms with E-state index in [-0.39, 0.29) is 22.3 Å². The van der Waals surface area contributed by atoms with Crippen LogP contribution in [0.25, 0.3) is 110 Å². The first-order chi connectivity index (χ1) is 29.3. The molecule has 12 rings (SSSR count). The standard InChI is InChI=1S/C51H25F3N4O2/c52-51(53,54)37-15-9-10-28(26-55)46(37)36-25-41(58-39-17-6-2-12-31(39)33-21-23-45-48(50(33)58)35-14-4-8-19-43(35)60-45)40(24-29(36)27-56)57-38-16-5-1-11-30(38)32-20-22-44-47(49(32)57)34-13-3-7-18-42(34)59-44/h1-25H. The highest BCUT2D eigenvalue weighted by Crippen LogP contribution is 2.48. The number of halogens is 3. The summed E-state index contributed by atoms with van der Waals surface area (Å²) in [5.74, 6) is 0. The second-order valence-electron chi connectivity index (χ2n) is 14.9. The lowest BCUT2D eigenvalue weighted by Crippen LogP contribution is -2.10. The number of benzene rings is 8. The third-order valence-corrected chi connectivity index (χ3v) is 11.8. The lowest BCUT2D eigenvalue weighted by Gasteiger charge is -2.21. The summed E-state index contributed by atoms with van der Waals surface area (Å²) < 4.78 is 62.1. The molecule has 0 bridgehead atoms. The third-order valence-electron chi connectivity index (χ3n) is 11.8. The van der Waals surface area contributed by atoms with Crippen molar-refractivity contribution >= 4 is 87.5 Å². The molecule has 8 aromatic carbocycles. The van der Waals surface area contributed by atoms with E-state index in [4.69, 9.17) is 8.83 Å². The summed E-state index contributed by atoms with van der Waals surface area (Å²) >= 11 is 0. The molecule has 0 N–H and O–H groups in total. The Kier molecular flexibility index (Phi) is 6.84. The molecule has 9 heteroatoms. The van der Waals surface area contributed by atoms with Crippen LogP contribution in [0.3, 0.4) is 0 Å². The van der Waals surface area contributed by atoms with Gasteiger partial charge in [0.25, 0.3) is 0 Å². The number of furan rings is 2. The highest BCUT2D eigenvalue weighted by Gasteiger charge is 2.36. The summed E-state index contributed by atoms with van der Waals surface area (Å²) in [6, 6.07) is 50.5. The maximum atomic E-state index is 15.0. The van der Waals surface area contributed by atoms with Crippen LogP contribution in [0.5, 0.6) is 0 Å². The van der Waals surface area contributed by atoms with E-state index in [2.05, 4.69) is 15.2 Å². The summed E-state index contributed by atoms with van der Waals surface area (Å²) in [6.07, 6.45) is -4.83. The van der Waals surface area contributed by atoms with Crippen molar-refractivity contribution in [3.05, 3.63) is 168 Å². The van der Waals surface area contributed by atoms with Crippen LogP contribution in [0.1, 0.15) is 16.7 Å². The Morgan fingerprint density at radius 1 is 0.450 bits per heavy atom. The molecule has 0 amide bonds. The first-order valence-electron chi connectivity index (χ1n) is 19.2. The van der Waals surface area contributed by atoms with Crippen molar-refractivity contribution in [2.75, 3.05) is 0 Å². The second kappa shape index (κ2) is 12.1. The van der Waals surface area contributed by atoms with Gasteiger partial charge >= 0.3 is 6.18 Å². The SMILES string of the molecule is N#Cc1cc(-n2c3ccccc3c3ccc4oc5ccccc5c4c32)c(-n2c3ccccc3c3ccc4oc5ccccc5c4c32)cc1-c1c(C#N)cccc1C(F)(F)F. The number of alkyl halides is 3. The largest absolute Gasteiger partial charge is 0.456 e. The molecule has 12 aromatic rings. The zero-order valence-electron chi connectivity index (χ0n) is 31.2. The molecule has 4 aromatic heterocycles. The Labute approximate surface area is 337 Å². The van der Waals surface area contributed by atoms with E-state index in [0.29, 0.717) is 33.7 Å². The minimum atomic E-state index is -4.83. The molecule has 282 valence electrons. The summed E-state index contributed by atoms with van der Waals surface area (Å²) in [7, 11) is 0. The Balaban J connectivity index is 1.35. The van der Waals surface area contributed by atoms with E-state index < -0.39 is 11.7 Å². The highest BCUT2D eigenvalue weighted by atomic mass is 19.4. The van der Waals surface area contributed by atoms with E-state index in [1.165, 1.54) is 12.1 Å². The predicted molar refractivity (Wildman–Crippen MR) is 230 cm³/mol.